The molecule has 1 aromatic heterocycles. The SMILES string of the molecule is O[C@H]1CN(c2cc(Nc3cccc(Cl)c3)ncn2)CC[C@@H]1N1CCc2ccccc2C1. The molecule has 5 rings (SSSR count). The van der Waals surface area contributed by atoms with Gasteiger partial charge in [0, 0.05) is 49.0 Å². The third kappa shape index (κ3) is 4.51. The minimum absolute atomic E-state index is 0.176. The number of piperidine rings is 1. The van der Waals surface area contributed by atoms with Crippen LogP contribution in [0.25, 0.3) is 0 Å². The first-order valence-corrected chi connectivity index (χ1v) is 11.1. The molecule has 0 aliphatic carbocycles. The lowest BCUT2D eigenvalue weighted by molar-refractivity contribution is 0.0293. The summed E-state index contributed by atoms with van der Waals surface area (Å²) >= 11 is 6.07. The fourth-order valence-electron chi connectivity index (χ4n) is 4.66. The summed E-state index contributed by atoms with van der Waals surface area (Å²) in [4.78, 5) is 13.4. The van der Waals surface area contributed by atoms with E-state index in [4.69, 9.17) is 11.6 Å². The summed E-state index contributed by atoms with van der Waals surface area (Å²) in [5.74, 6) is 1.53. The Hall–Kier alpha value is -2.67. The number of nitrogens with zero attached hydrogens (tertiary/aromatic N) is 4. The van der Waals surface area contributed by atoms with E-state index in [0.29, 0.717) is 17.4 Å². The van der Waals surface area contributed by atoms with Gasteiger partial charge >= 0.3 is 0 Å². The number of benzene rings is 2. The molecular formula is C24H26ClN5O. The zero-order chi connectivity index (χ0) is 21.2. The lowest BCUT2D eigenvalue weighted by Gasteiger charge is -2.43. The predicted octanol–water partition coefficient (Wildman–Crippen LogP) is 3.87. The fraction of sp³-hybridized carbons (Fsp3) is 0.333. The Balaban J connectivity index is 1.25. The third-order valence-electron chi connectivity index (χ3n) is 6.25. The van der Waals surface area contributed by atoms with Crippen LogP contribution in [-0.4, -0.2) is 51.8 Å². The summed E-state index contributed by atoms with van der Waals surface area (Å²) in [5, 5.41) is 14.9. The molecule has 31 heavy (non-hydrogen) atoms. The van der Waals surface area contributed by atoms with E-state index in [1.165, 1.54) is 11.1 Å². The van der Waals surface area contributed by atoms with E-state index in [1.807, 2.05) is 30.3 Å². The molecule has 1 saturated heterocycles. The predicted molar refractivity (Wildman–Crippen MR) is 124 cm³/mol. The Morgan fingerprint density at radius 3 is 2.71 bits per heavy atom. The number of aliphatic hydroxyl groups excluding tert-OH is 1. The monoisotopic (exact) mass is 435 g/mol. The topological polar surface area (TPSA) is 64.5 Å². The molecule has 2 atom stereocenters. The molecule has 0 saturated carbocycles. The van der Waals surface area contributed by atoms with Crippen molar-refractivity contribution in [3.05, 3.63) is 77.1 Å². The van der Waals surface area contributed by atoms with Gasteiger partial charge in [-0.05, 0) is 42.2 Å². The van der Waals surface area contributed by atoms with E-state index in [0.717, 1.165) is 44.0 Å². The zero-order valence-corrected chi connectivity index (χ0v) is 18.0. The van der Waals surface area contributed by atoms with Gasteiger partial charge in [-0.3, -0.25) is 4.90 Å². The average Bonchev–Trinajstić information content (AvgIpc) is 2.79. The first-order chi connectivity index (χ1) is 15.2. The van der Waals surface area contributed by atoms with E-state index in [2.05, 4.69) is 49.4 Å². The quantitative estimate of drug-likeness (QED) is 0.648. The smallest absolute Gasteiger partial charge is 0.135 e. The minimum atomic E-state index is -0.418. The van der Waals surface area contributed by atoms with Gasteiger partial charge in [0.2, 0.25) is 0 Å². The maximum Gasteiger partial charge on any atom is 0.135 e. The second kappa shape index (κ2) is 8.83. The van der Waals surface area contributed by atoms with Gasteiger partial charge in [-0.15, -0.1) is 0 Å². The van der Waals surface area contributed by atoms with Crippen LogP contribution >= 0.6 is 11.6 Å². The molecule has 3 aromatic rings. The fourth-order valence-corrected chi connectivity index (χ4v) is 4.85. The molecule has 160 valence electrons. The number of fused-ring (bicyclic) bond motifs is 1. The van der Waals surface area contributed by atoms with E-state index >= 15 is 0 Å². The Morgan fingerprint density at radius 2 is 1.87 bits per heavy atom. The van der Waals surface area contributed by atoms with Gasteiger partial charge in [-0.1, -0.05) is 41.9 Å². The number of rotatable bonds is 4. The molecule has 0 amide bonds. The van der Waals surface area contributed by atoms with Crippen LogP contribution in [0.4, 0.5) is 17.3 Å². The summed E-state index contributed by atoms with van der Waals surface area (Å²) < 4.78 is 0. The van der Waals surface area contributed by atoms with Crippen LogP contribution in [0, 0.1) is 0 Å². The van der Waals surface area contributed by atoms with Crippen LogP contribution in [0.3, 0.4) is 0 Å². The van der Waals surface area contributed by atoms with Crippen LogP contribution < -0.4 is 10.2 Å². The molecule has 0 unspecified atom stereocenters. The van der Waals surface area contributed by atoms with Gasteiger partial charge in [0.05, 0.1) is 6.10 Å². The van der Waals surface area contributed by atoms with Crippen LogP contribution in [0.15, 0.2) is 60.9 Å². The molecule has 2 N–H and O–H groups in total. The maximum atomic E-state index is 11.0. The largest absolute Gasteiger partial charge is 0.390 e. The first kappa shape index (κ1) is 20.2. The van der Waals surface area contributed by atoms with Crippen molar-refractivity contribution in [3.63, 3.8) is 0 Å². The molecule has 0 spiro atoms. The van der Waals surface area contributed by atoms with Gasteiger partial charge in [0.15, 0.2) is 0 Å². The maximum absolute atomic E-state index is 11.0. The van der Waals surface area contributed by atoms with Crippen molar-refractivity contribution in [1.29, 1.82) is 0 Å². The standard InChI is InChI=1S/C24H26ClN5O/c25-19-6-3-7-20(12-19)28-23-13-24(27-16-26-23)30-11-9-21(22(31)15-30)29-10-8-17-4-1-2-5-18(17)14-29/h1-7,12-13,16,21-22,31H,8-11,14-15H2,(H,26,27,28)/t21-,22-/m0/s1. The van der Waals surface area contributed by atoms with Gasteiger partial charge in [0.25, 0.3) is 0 Å². The van der Waals surface area contributed by atoms with Crippen molar-refractivity contribution < 1.29 is 5.11 Å². The van der Waals surface area contributed by atoms with Gasteiger partial charge < -0.3 is 15.3 Å². The molecule has 3 heterocycles. The molecule has 0 radical (unpaired) electrons. The third-order valence-corrected chi connectivity index (χ3v) is 6.48. The second-order valence-electron chi connectivity index (χ2n) is 8.26. The number of nitrogens with one attached hydrogen (secondary N) is 1. The molecule has 0 bridgehead atoms. The summed E-state index contributed by atoms with van der Waals surface area (Å²) in [6.07, 6.45) is 3.10. The van der Waals surface area contributed by atoms with Crippen LogP contribution in [-0.2, 0) is 13.0 Å². The van der Waals surface area contributed by atoms with Gasteiger partial charge in [-0.25, -0.2) is 9.97 Å². The molecule has 6 nitrogen and oxygen atoms in total. The molecular weight excluding hydrogens is 410 g/mol. The normalized spacial score (nSPS) is 21.5. The molecule has 2 aliphatic rings. The first-order valence-electron chi connectivity index (χ1n) is 10.7. The Kier molecular flexibility index (Phi) is 5.76. The van der Waals surface area contributed by atoms with E-state index in [1.54, 1.807) is 6.33 Å². The Bertz CT molecular complexity index is 1060. The summed E-state index contributed by atoms with van der Waals surface area (Å²) in [7, 11) is 0. The summed E-state index contributed by atoms with van der Waals surface area (Å²) in [5.41, 5.74) is 3.70. The number of aliphatic hydroxyl groups is 1. The van der Waals surface area contributed by atoms with Crippen molar-refractivity contribution in [2.75, 3.05) is 29.9 Å². The Morgan fingerprint density at radius 1 is 1.00 bits per heavy atom. The zero-order valence-electron chi connectivity index (χ0n) is 17.3. The number of aromatic nitrogens is 2. The molecule has 2 aromatic carbocycles. The average molecular weight is 436 g/mol. The van der Waals surface area contributed by atoms with Crippen LogP contribution in [0.1, 0.15) is 17.5 Å². The van der Waals surface area contributed by atoms with Gasteiger partial charge in [-0.2, -0.15) is 0 Å². The minimum Gasteiger partial charge on any atom is -0.390 e. The highest BCUT2D eigenvalue weighted by molar-refractivity contribution is 6.30. The summed E-state index contributed by atoms with van der Waals surface area (Å²) in [6.45, 7) is 3.34. The molecule has 2 aliphatic heterocycles. The number of halogens is 1. The van der Waals surface area contributed by atoms with Crippen molar-refractivity contribution in [2.45, 2.75) is 31.5 Å². The van der Waals surface area contributed by atoms with Gasteiger partial charge in [0.1, 0.15) is 18.0 Å². The highest BCUT2D eigenvalue weighted by atomic mass is 35.5. The summed E-state index contributed by atoms with van der Waals surface area (Å²) in [6, 6.07) is 18.3. The molecule has 7 heteroatoms. The van der Waals surface area contributed by atoms with Crippen molar-refractivity contribution in [1.82, 2.24) is 14.9 Å². The highest BCUT2D eigenvalue weighted by Crippen LogP contribution is 2.28. The van der Waals surface area contributed by atoms with Crippen molar-refractivity contribution in [3.8, 4) is 0 Å². The number of β-amino-alcohol motifs (C(OH)–C–C–N with tert-alkyl or cyclic N) is 1. The highest BCUT2D eigenvalue weighted by Gasteiger charge is 2.34. The van der Waals surface area contributed by atoms with Crippen molar-refractivity contribution in [2.24, 2.45) is 0 Å². The van der Waals surface area contributed by atoms with Crippen LogP contribution in [0.2, 0.25) is 5.02 Å². The second-order valence-corrected chi connectivity index (χ2v) is 8.69. The number of hydrogen-bond acceptors (Lipinski definition) is 6. The number of anilines is 3. The van der Waals surface area contributed by atoms with E-state index in [9.17, 15) is 5.11 Å². The number of hydrogen-bond donors (Lipinski definition) is 2. The molecule has 1 fully saturated rings. The lowest BCUT2D eigenvalue weighted by atomic mass is 9.94. The van der Waals surface area contributed by atoms with E-state index < -0.39 is 6.10 Å². The van der Waals surface area contributed by atoms with E-state index in [-0.39, 0.29) is 6.04 Å². The Labute approximate surface area is 187 Å². The van der Waals surface area contributed by atoms with Crippen LogP contribution in [0.5, 0.6) is 0 Å². The lowest BCUT2D eigenvalue weighted by Crippen LogP contribution is -2.55. The van der Waals surface area contributed by atoms with Crippen molar-refractivity contribution >= 4 is 28.9 Å².